The van der Waals surface area contributed by atoms with Crippen LogP contribution in [0.2, 0.25) is 0 Å². The molecule has 0 bridgehead atoms. The number of ketones is 1. The molecule has 32 heavy (non-hydrogen) atoms. The average Bonchev–Trinajstić information content (AvgIpc) is 3.27. The molecule has 0 atom stereocenters. The minimum atomic E-state index is -0.422. The monoisotopic (exact) mass is 450 g/mol. The predicted molar refractivity (Wildman–Crippen MR) is 121 cm³/mol. The Morgan fingerprint density at radius 3 is 2.59 bits per heavy atom. The van der Waals surface area contributed by atoms with Crippen molar-refractivity contribution >= 4 is 33.1 Å². The number of ether oxygens (including phenoxy) is 2. The van der Waals surface area contributed by atoms with E-state index in [1.54, 1.807) is 42.5 Å². The van der Waals surface area contributed by atoms with E-state index < -0.39 is 5.91 Å². The number of fused-ring (bicyclic) bond motifs is 1. The van der Waals surface area contributed by atoms with E-state index in [0.717, 1.165) is 10.9 Å². The Kier molecular flexibility index (Phi) is 6.13. The molecule has 0 aliphatic carbocycles. The number of carbonyl (C=O) groups excluding carboxylic acids is 2. The highest BCUT2D eigenvalue weighted by Gasteiger charge is 2.16. The van der Waals surface area contributed by atoms with Crippen LogP contribution in [-0.2, 0) is 0 Å². The van der Waals surface area contributed by atoms with Crippen molar-refractivity contribution in [1.82, 2.24) is 10.3 Å². The molecule has 6 nitrogen and oxygen atoms in total. The number of hydrogen-bond donors (Lipinski definition) is 1. The molecule has 2 aromatic heterocycles. The first-order chi connectivity index (χ1) is 15.5. The van der Waals surface area contributed by atoms with Crippen LogP contribution < -0.4 is 14.8 Å². The second-order valence-electron chi connectivity index (χ2n) is 6.85. The summed E-state index contributed by atoms with van der Waals surface area (Å²) in [6.07, 6.45) is 0. The number of benzene rings is 2. The quantitative estimate of drug-likeness (QED) is 0.412. The highest BCUT2D eigenvalue weighted by molar-refractivity contribution is 7.17. The Morgan fingerprint density at radius 1 is 1.03 bits per heavy atom. The number of rotatable bonds is 7. The van der Waals surface area contributed by atoms with E-state index in [-0.39, 0.29) is 23.8 Å². The van der Waals surface area contributed by atoms with Gasteiger partial charge in [0.1, 0.15) is 11.5 Å². The lowest BCUT2D eigenvalue weighted by Crippen LogP contribution is -2.30. The molecule has 0 saturated heterocycles. The molecule has 1 amide bonds. The maximum atomic E-state index is 14.0. The Hall–Kier alpha value is -3.78. The van der Waals surface area contributed by atoms with Gasteiger partial charge in [-0.15, -0.1) is 11.3 Å². The number of amides is 1. The van der Waals surface area contributed by atoms with Gasteiger partial charge in [-0.05, 0) is 36.4 Å². The number of halogens is 1. The van der Waals surface area contributed by atoms with Gasteiger partial charge in [-0.1, -0.05) is 18.2 Å². The highest BCUT2D eigenvalue weighted by atomic mass is 32.1. The number of nitrogens with one attached hydrogen (secondary N) is 1. The van der Waals surface area contributed by atoms with Crippen molar-refractivity contribution in [3.05, 3.63) is 77.1 Å². The van der Waals surface area contributed by atoms with Gasteiger partial charge in [0, 0.05) is 21.9 Å². The van der Waals surface area contributed by atoms with Crippen molar-refractivity contribution in [2.24, 2.45) is 0 Å². The van der Waals surface area contributed by atoms with Gasteiger partial charge >= 0.3 is 0 Å². The third kappa shape index (κ3) is 4.17. The molecule has 0 saturated carbocycles. The van der Waals surface area contributed by atoms with Crippen LogP contribution in [0.15, 0.2) is 60.0 Å². The van der Waals surface area contributed by atoms with E-state index in [9.17, 15) is 14.0 Å². The molecule has 4 aromatic rings. The van der Waals surface area contributed by atoms with Crippen LogP contribution in [0.1, 0.15) is 20.8 Å². The number of hydrogen-bond acceptors (Lipinski definition) is 6. The second kappa shape index (κ2) is 9.15. The van der Waals surface area contributed by atoms with Crippen molar-refractivity contribution < 1.29 is 23.5 Å². The lowest BCUT2D eigenvalue weighted by molar-refractivity contribution is 0.0902. The van der Waals surface area contributed by atoms with Crippen molar-refractivity contribution in [2.45, 2.75) is 0 Å². The van der Waals surface area contributed by atoms with E-state index >= 15 is 0 Å². The van der Waals surface area contributed by atoms with Crippen LogP contribution in [0.25, 0.3) is 21.3 Å². The van der Waals surface area contributed by atoms with E-state index in [4.69, 9.17) is 9.47 Å². The number of thiophene rings is 1. The number of aromatic nitrogens is 1. The van der Waals surface area contributed by atoms with Gasteiger partial charge in [0.25, 0.3) is 5.91 Å². The standard InChI is InChI=1S/C24H19FN2O4S/c1-30-21-10-9-14(11-22(21)31-2)24(29)26-12-20(28)19-8-4-7-18(27-19)16-13-32-23-15(16)5-3-6-17(23)25/h3-11,13H,12H2,1-2H3,(H,26,29). The van der Waals surface area contributed by atoms with Gasteiger partial charge in [0.2, 0.25) is 0 Å². The van der Waals surface area contributed by atoms with Gasteiger partial charge in [-0.3, -0.25) is 9.59 Å². The third-order valence-electron chi connectivity index (χ3n) is 4.92. The lowest BCUT2D eigenvalue weighted by atomic mass is 10.1. The normalized spacial score (nSPS) is 10.7. The van der Waals surface area contributed by atoms with Crippen LogP contribution in [0.5, 0.6) is 11.5 Å². The second-order valence-corrected chi connectivity index (χ2v) is 7.73. The Morgan fingerprint density at radius 2 is 1.81 bits per heavy atom. The Labute approximate surface area is 187 Å². The third-order valence-corrected chi connectivity index (χ3v) is 5.92. The van der Waals surface area contributed by atoms with E-state index in [1.807, 2.05) is 11.4 Å². The summed E-state index contributed by atoms with van der Waals surface area (Å²) in [6, 6.07) is 14.7. The molecule has 8 heteroatoms. The molecule has 0 fully saturated rings. The van der Waals surface area contributed by atoms with Gasteiger partial charge in [0.05, 0.1) is 31.2 Å². The first kappa shape index (κ1) is 21.5. The van der Waals surface area contributed by atoms with Gasteiger partial charge < -0.3 is 14.8 Å². The average molecular weight is 450 g/mol. The SMILES string of the molecule is COc1ccc(C(=O)NCC(=O)c2cccc(-c3csc4c(F)cccc34)n2)cc1OC. The smallest absolute Gasteiger partial charge is 0.251 e. The van der Waals surface area contributed by atoms with Crippen LogP contribution >= 0.6 is 11.3 Å². The van der Waals surface area contributed by atoms with Crippen LogP contribution in [0.4, 0.5) is 4.39 Å². The zero-order valence-corrected chi connectivity index (χ0v) is 18.2. The summed E-state index contributed by atoms with van der Waals surface area (Å²) in [5.74, 6) is -0.132. The maximum absolute atomic E-state index is 14.0. The van der Waals surface area contributed by atoms with E-state index in [1.165, 1.54) is 31.6 Å². The predicted octanol–water partition coefficient (Wildman–Crippen LogP) is 4.73. The molecule has 162 valence electrons. The minimum absolute atomic E-state index is 0.214. The number of pyridine rings is 1. The van der Waals surface area contributed by atoms with E-state index in [2.05, 4.69) is 10.3 Å². The van der Waals surface area contributed by atoms with Crippen molar-refractivity contribution in [2.75, 3.05) is 20.8 Å². The topological polar surface area (TPSA) is 77.5 Å². The summed E-state index contributed by atoms with van der Waals surface area (Å²) in [4.78, 5) is 29.6. The number of methoxy groups -OCH3 is 2. The summed E-state index contributed by atoms with van der Waals surface area (Å²) in [5.41, 5.74) is 1.88. The highest BCUT2D eigenvalue weighted by Crippen LogP contribution is 2.34. The summed E-state index contributed by atoms with van der Waals surface area (Å²) < 4.78 is 24.9. The van der Waals surface area contributed by atoms with E-state index in [0.29, 0.717) is 27.5 Å². The van der Waals surface area contributed by atoms with Crippen LogP contribution in [0.3, 0.4) is 0 Å². The molecule has 0 aliphatic heterocycles. The molecule has 2 aromatic carbocycles. The number of Topliss-reactive ketones (excluding diaryl/α,β-unsaturated/α-hetero) is 1. The van der Waals surface area contributed by atoms with Gasteiger partial charge in [0.15, 0.2) is 17.3 Å². The van der Waals surface area contributed by atoms with Crippen molar-refractivity contribution in [3.63, 3.8) is 0 Å². The summed E-state index contributed by atoms with van der Waals surface area (Å²) in [7, 11) is 2.99. The molecule has 0 spiro atoms. The van der Waals surface area contributed by atoms with Crippen molar-refractivity contribution in [3.8, 4) is 22.8 Å². The minimum Gasteiger partial charge on any atom is -0.493 e. The maximum Gasteiger partial charge on any atom is 0.251 e. The van der Waals surface area contributed by atoms with Crippen molar-refractivity contribution in [1.29, 1.82) is 0 Å². The molecule has 4 rings (SSSR count). The molecule has 0 radical (unpaired) electrons. The molecule has 0 unspecified atom stereocenters. The largest absolute Gasteiger partial charge is 0.493 e. The first-order valence-corrected chi connectivity index (χ1v) is 10.6. The van der Waals surface area contributed by atoms with Gasteiger partial charge in [-0.25, -0.2) is 9.37 Å². The number of nitrogens with zero attached hydrogens (tertiary/aromatic N) is 1. The van der Waals surface area contributed by atoms with Crippen LogP contribution in [-0.4, -0.2) is 37.4 Å². The molecule has 1 N–H and O–H groups in total. The molecular weight excluding hydrogens is 431 g/mol. The zero-order valence-electron chi connectivity index (χ0n) is 17.3. The van der Waals surface area contributed by atoms with Gasteiger partial charge in [-0.2, -0.15) is 0 Å². The fraction of sp³-hybridized carbons (Fsp3) is 0.125. The molecule has 0 aliphatic rings. The summed E-state index contributed by atoms with van der Waals surface area (Å²) in [5, 5.41) is 5.17. The number of carbonyl (C=O) groups is 2. The lowest BCUT2D eigenvalue weighted by Gasteiger charge is -2.10. The van der Waals surface area contributed by atoms with Crippen LogP contribution in [0, 0.1) is 5.82 Å². The first-order valence-electron chi connectivity index (χ1n) is 9.68. The molecule has 2 heterocycles. The summed E-state index contributed by atoms with van der Waals surface area (Å²) >= 11 is 1.29. The molecular formula is C24H19FN2O4S. The fourth-order valence-corrected chi connectivity index (χ4v) is 4.26. The zero-order chi connectivity index (χ0) is 22.7. The Bertz CT molecular complexity index is 1320. The summed E-state index contributed by atoms with van der Waals surface area (Å²) in [6.45, 7) is -0.220. The Balaban J connectivity index is 1.50. The fourth-order valence-electron chi connectivity index (χ4n) is 3.29.